The van der Waals surface area contributed by atoms with E-state index in [2.05, 4.69) is 39.8 Å². The Labute approximate surface area is 168 Å². The molecule has 0 unspecified atom stereocenters. The third-order valence-corrected chi connectivity index (χ3v) is 5.67. The Morgan fingerprint density at radius 2 is 1.86 bits per heavy atom. The van der Waals surface area contributed by atoms with Gasteiger partial charge in [0.05, 0.1) is 12.2 Å². The van der Waals surface area contributed by atoms with Crippen LogP contribution in [0.25, 0.3) is 21.7 Å². The minimum absolute atomic E-state index is 0. The molecule has 3 heterocycles. The van der Waals surface area contributed by atoms with Gasteiger partial charge < -0.3 is 14.6 Å². The van der Waals surface area contributed by atoms with Gasteiger partial charge in [0.2, 0.25) is 11.8 Å². The maximum atomic E-state index is 12.4. The minimum Gasteiger partial charge on any atom is -0.464 e. The number of piperidine rings is 1. The monoisotopic (exact) mass is 399 g/mol. The molecule has 28 heavy (non-hydrogen) atoms. The summed E-state index contributed by atoms with van der Waals surface area (Å²) in [6.45, 7) is 3.91. The van der Waals surface area contributed by atoms with E-state index in [9.17, 15) is 9.59 Å². The molecule has 2 N–H and O–H groups in total. The molecule has 2 fully saturated rings. The van der Waals surface area contributed by atoms with Crippen LogP contribution >= 0.6 is 12.4 Å². The third kappa shape index (κ3) is 3.02. The molecule has 5 rings (SSSR count). The summed E-state index contributed by atoms with van der Waals surface area (Å²) in [5, 5.41) is 9.10. The van der Waals surface area contributed by atoms with Crippen LogP contribution in [0.15, 0.2) is 41.0 Å². The molecular formula is C21H22ClN3O3. The van der Waals surface area contributed by atoms with Gasteiger partial charge >= 0.3 is 0 Å². The Morgan fingerprint density at radius 1 is 1.04 bits per heavy atom. The summed E-state index contributed by atoms with van der Waals surface area (Å²) in [5.41, 5.74) is 2.86. The zero-order valence-electron chi connectivity index (χ0n) is 15.4. The number of piperazine rings is 1. The van der Waals surface area contributed by atoms with Gasteiger partial charge in [0.1, 0.15) is 5.58 Å². The highest BCUT2D eigenvalue weighted by atomic mass is 35.5. The molecule has 0 spiro atoms. The van der Waals surface area contributed by atoms with Crippen LogP contribution in [0.3, 0.4) is 0 Å². The number of furan rings is 1. The molecule has 6 nitrogen and oxygen atoms in total. The first-order chi connectivity index (χ1) is 13.2. The van der Waals surface area contributed by atoms with Crippen molar-refractivity contribution < 1.29 is 14.0 Å². The van der Waals surface area contributed by atoms with Gasteiger partial charge in [0, 0.05) is 54.6 Å². The molecule has 1 atom stereocenters. The van der Waals surface area contributed by atoms with Crippen LogP contribution < -0.4 is 15.5 Å². The summed E-state index contributed by atoms with van der Waals surface area (Å²) >= 11 is 0. The highest BCUT2D eigenvalue weighted by molar-refractivity contribution is 6.13. The molecule has 2 aliphatic rings. The lowest BCUT2D eigenvalue weighted by Gasteiger charge is -2.30. The van der Waals surface area contributed by atoms with E-state index in [0.29, 0.717) is 12.8 Å². The van der Waals surface area contributed by atoms with Crippen LogP contribution in [0.1, 0.15) is 24.3 Å². The Balaban J connectivity index is 0.00000192. The van der Waals surface area contributed by atoms with E-state index in [1.54, 1.807) is 6.26 Å². The number of benzene rings is 2. The summed E-state index contributed by atoms with van der Waals surface area (Å²) in [6.07, 6.45) is 2.56. The number of nitrogens with zero attached hydrogens (tertiary/aromatic N) is 1. The van der Waals surface area contributed by atoms with Gasteiger partial charge in [-0.3, -0.25) is 14.9 Å². The average Bonchev–Trinajstić information content (AvgIpc) is 3.12. The fourth-order valence-electron chi connectivity index (χ4n) is 4.33. The smallest absolute Gasteiger partial charge is 0.234 e. The number of anilines is 1. The third-order valence-electron chi connectivity index (χ3n) is 5.67. The standard InChI is InChI=1S/C21H21N3O3.ClH/c25-19-7-5-15(21(26)23-19)16-12-27-18-6-4-13-14(20(16)18)2-1-3-17(13)24-10-8-22-9-11-24;/h1-4,6,12,15,22H,5,7-11H2,(H,23,25,26);1H/t15-;/m1./s1. The van der Waals surface area contributed by atoms with Gasteiger partial charge in [0.25, 0.3) is 0 Å². The average molecular weight is 400 g/mol. The summed E-state index contributed by atoms with van der Waals surface area (Å²) < 4.78 is 5.78. The van der Waals surface area contributed by atoms with Gasteiger partial charge in [0.15, 0.2) is 0 Å². The minimum atomic E-state index is -0.350. The Bertz CT molecular complexity index is 1060. The van der Waals surface area contributed by atoms with Gasteiger partial charge in [-0.2, -0.15) is 0 Å². The normalized spacial score (nSPS) is 20.3. The SMILES string of the molecule is Cl.O=C1CC[C@H](c2coc3ccc4c(N5CCNCC5)cccc4c23)C(=O)N1. The molecule has 2 aromatic carbocycles. The first-order valence-electron chi connectivity index (χ1n) is 9.44. The Hall–Kier alpha value is -2.57. The number of hydrogen-bond acceptors (Lipinski definition) is 5. The lowest BCUT2D eigenvalue weighted by Crippen LogP contribution is -2.43. The van der Waals surface area contributed by atoms with Crippen molar-refractivity contribution in [2.24, 2.45) is 0 Å². The molecule has 3 aromatic rings. The van der Waals surface area contributed by atoms with E-state index in [1.165, 1.54) is 11.1 Å². The lowest BCUT2D eigenvalue weighted by molar-refractivity contribution is -0.134. The van der Waals surface area contributed by atoms with E-state index in [-0.39, 0.29) is 30.1 Å². The van der Waals surface area contributed by atoms with Crippen LogP contribution in [0.4, 0.5) is 5.69 Å². The van der Waals surface area contributed by atoms with Crippen molar-refractivity contribution in [2.45, 2.75) is 18.8 Å². The number of carbonyl (C=O) groups is 2. The number of rotatable bonds is 2. The van der Waals surface area contributed by atoms with Gasteiger partial charge in [-0.25, -0.2) is 0 Å². The highest BCUT2D eigenvalue weighted by Crippen LogP contribution is 2.39. The summed E-state index contributed by atoms with van der Waals surface area (Å²) in [6, 6.07) is 10.4. The second-order valence-electron chi connectivity index (χ2n) is 7.24. The number of halogens is 1. The fraction of sp³-hybridized carbons (Fsp3) is 0.333. The van der Waals surface area contributed by atoms with Crippen molar-refractivity contribution in [2.75, 3.05) is 31.1 Å². The highest BCUT2D eigenvalue weighted by Gasteiger charge is 2.31. The number of imide groups is 1. The maximum absolute atomic E-state index is 12.4. The van der Waals surface area contributed by atoms with E-state index in [0.717, 1.165) is 48.1 Å². The molecule has 2 aliphatic heterocycles. The quantitative estimate of drug-likeness (QED) is 0.648. The summed E-state index contributed by atoms with van der Waals surface area (Å²) in [5.74, 6) is -0.781. The molecule has 0 bridgehead atoms. The molecule has 7 heteroatoms. The van der Waals surface area contributed by atoms with Crippen LogP contribution in [0.5, 0.6) is 0 Å². The number of hydrogen-bond donors (Lipinski definition) is 2. The molecule has 0 aliphatic carbocycles. The van der Waals surface area contributed by atoms with Crippen LogP contribution in [0, 0.1) is 0 Å². The Morgan fingerprint density at radius 3 is 2.64 bits per heavy atom. The van der Waals surface area contributed by atoms with Crippen molar-refractivity contribution in [1.29, 1.82) is 0 Å². The van der Waals surface area contributed by atoms with Gasteiger partial charge in [-0.05, 0) is 30.0 Å². The molecule has 0 radical (unpaired) electrons. The summed E-state index contributed by atoms with van der Waals surface area (Å²) in [4.78, 5) is 26.3. The first-order valence-corrected chi connectivity index (χ1v) is 9.44. The van der Waals surface area contributed by atoms with Gasteiger partial charge in [-0.1, -0.05) is 12.1 Å². The van der Waals surface area contributed by atoms with Crippen molar-refractivity contribution in [1.82, 2.24) is 10.6 Å². The van der Waals surface area contributed by atoms with Crippen molar-refractivity contribution in [3.8, 4) is 0 Å². The van der Waals surface area contributed by atoms with Gasteiger partial charge in [-0.15, -0.1) is 12.4 Å². The van der Waals surface area contributed by atoms with Crippen molar-refractivity contribution >= 4 is 51.7 Å². The molecule has 2 amide bonds. The topological polar surface area (TPSA) is 74.6 Å². The maximum Gasteiger partial charge on any atom is 0.234 e. The second-order valence-corrected chi connectivity index (χ2v) is 7.24. The molecule has 2 saturated heterocycles. The van der Waals surface area contributed by atoms with Crippen LogP contribution in [-0.4, -0.2) is 38.0 Å². The number of nitrogens with one attached hydrogen (secondary N) is 2. The van der Waals surface area contributed by atoms with Crippen LogP contribution in [-0.2, 0) is 9.59 Å². The summed E-state index contributed by atoms with van der Waals surface area (Å²) in [7, 11) is 0. The van der Waals surface area contributed by atoms with E-state index < -0.39 is 0 Å². The zero-order valence-corrected chi connectivity index (χ0v) is 16.2. The predicted molar refractivity (Wildman–Crippen MR) is 111 cm³/mol. The number of fused-ring (bicyclic) bond motifs is 3. The number of carbonyl (C=O) groups excluding carboxylic acids is 2. The van der Waals surface area contributed by atoms with E-state index in [1.807, 2.05) is 6.07 Å². The predicted octanol–water partition coefficient (Wildman–Crippen LogP) is 2.94. The first kappa shape index (κ1) is 18.8. The fourth-order valence-corrected chi connectivity index (χ4v) is 4.33. The Kier molecular flexibility index (Phi) is 5.00. The van der Waals surface area contributed by atoms with E-state index in [4.69, 9.17) is 4.42 Å². The second kappa shape index (κ2) is 7.45. The van der Waals surface area contributed by atoms with Crippen molar-refractivity contribution in [3.05, 3.63) is 42.2 Å². The van der Waals surface area contributed by atoms with Crippen LogP contribution in [0.2, 0.25) is 0 Å². The zero-order chi connectivity index (χ0) is 18.4. The molecular weight excluding hydrogens is 378 g/mol. The van der Waals surface area contributed by atoms with Crippen molar-refractivity contribution in [3.63, 3.8) is 0 Å². The van der Waals surface area contributed by atoms with E-state index >= 15 is 0 Å². The largest absolute Gasteiger partial charge is 0.464 e. The molecule has 146 valence electrons. The lowest BCUT2D eigenvalue weighted by atomic mass is 9.88. The molecule has 0 saturated carbocycles. The number of amides is 2. The molecule has 1 aromatic heterocycles.